The average Bonchev–Trinajstić information content (AvgIpc) is 1.70. The van der Waals surface area contributed by atoms with Crippen LogP contribution in [0.4, 0.5) is 0 Å². The second-order valence-corrected chi connectivity index (χ2v) is 67.2. The zero-order valence-electron chi connectivity index (χ0n) is 99.8. The molecule has 20 rings (SSSR count). The van der Waals surface area contributed by atoms with E-state index in [1.54, 1.807) is 44.9 Å². The zero-order chi connectivity index (χ0) is 104. The van der Waals surface area contributed by atoms with Gasteiger partial charge >= 0.3 is 0 Å². The van der Waals surface area contributed by atoms with Gasteiger partial charge < -0.3 is 40.9 Å². The van der Waals surface area contributed by atoms with Crippen molar-refractivity contribution in [3.8, 4) is 0 Å². The molecule has 0 aromatic rings. The van der Waals surface area contributed by atoms with Gasteiger partial charge in [-0.3, -0.25) is 0 Å². The summed E-state index contributed by atoms with van der Waals surface area (Å²) in [5.41, 5.74) is 6.03. The Kier molecular flexibility index (Phi) is 42.5. The minimum Gasteiger partial charge on any atom is -0.393 e. The van der Waals surface area contributed by atoms with Gasteiger partial charge in [0.2, 0.25) is 0 Å². The molecule has 3 unspecified atom stereocenters. The quantitative estimate of drug-likeness (QED) is 0.0804. The summed E-state index contributed by atoms with van der Waals surface area (Å²) >= 11 is 0. The number of fused-ring (bicyclic) bond motifs is 25. The molecule has 48 atom stereocenters. The predicted molar refractivity (Wildman–Crippen MR) is 640 cm³/mol. The Morgan fingerprint density at radius 2 is 0.456 bits per heavy atom. The lowest BCUT2D eigenvalue weighted by Crippen LogP contribution is -2.62. The first-order chi connectivity index (χ1) is 66.5. The maximum absolute atomic E-state index is 11.6. The molecular formula is C141H264O8. The fourth-order valence-electron chi connectivity index (χ4n) is 45.3. The van der Waals surface area contributed by atoms with Gasteiger partial charge in [0.15, 0.2) is 0 Å². The van der Waals surface area contributed by atoms with Crippen molar-refractivity contribution in [2.75, 3.05) is 0 Å². The second kappa shape index (κ2) is 48.6. The highest BCUT2D eigenvalue weighted by atomic mass is 16.3. The Morgan fingerprint density at radius 1 is 0.208 bits per heavy atom. The van der Waals surface area contributed by atoms with Crippen LogP contribution >= 0.6 is 0 Å². The third kappa shape index (κ3) is 25.3. The lowest BCUT2D eigenvalue weighted by Gasteiger charge is -2.63. The van der Waals surface area contributed by atoms with E-state index in [0.29, 0.717) is 154 Å². The van der Waals surface area contributed by atoms with E-state index in [1.165, 1.54) is 205 Å². The Hall–Kier alpha value is -0.320. The van der Waals surface area contributed by atoms with Gasteiger partial charge in [0.05, 0.1) is 48.8 Å². The summed E-state index contributed by atoms with van der Waals surface area (Å²) in [4.78, 5) is 0. The normalized spacial score (nSPS) is 48.6. The van der Waals surface area contributed by atoms with E-state index in [4.69, 9.17) is 0 Å². The Labute approximate surface area is 928 Å². The van der Waals surface area contributed by atoms with Gasteiger partial charge in [-0.2, -0.15) is 0 Å². The molecule has 8 nitrogen and oxygen atoms in total. The molecule has 20 fully saturated rings. The zero-order valence-corrected chi connectivity index (χ0v) is 99.8. The van der Waals surface area contributed by atoms with Crippen molar-refractivity contribution >= 4 is 0 Å². The molecule has 8 heteroatoms. The third-order valence-corrected chi connectivity index (χ3v) is 53.9. The van der Waals surface area contributed by atoms with E-state index in [2.05, 4.69) is 208 Å². The van der Waals surface area contributed by atoms with Crippen molar-refractivity contribution in [1.82, 2.24) is 0 Å². The molecule has 20 saturated carbocycles. The monoisotopic (exact) mass is 2090 g/mol. The molecule has 876 valence electrons. The number of aliphatic hydroxyl groups excluding tert-OH is 8. The van der Waals surface area contributed by atoms with Crippen LogP contribution < -0.4 is 0 Å². The SMILES string of the molecule is C.C.C.C.C.C.C[C@H](CCC(C)(C)C)[C@H]1CC[C@H]2[C@@H]3CCC4CCCC[C@]4(C)[C@H]3CC[C@]12C.C[C@H](CCC(C)(C)C)[C@H]1CC[C@H]2[C@@H]3CCC4C[C@H](O)CC[C@]4(C)[C@H]3CC[C@]12C.C[C@H](CCC(C)(C)C)[C@H]1CC[C@H]2[C@@H]3CC[C@@H]4C[C@H](O)CC[C@]4(C)[C@H]3C[C@H](O)[C@]12C.C[C@H](CCC(C)(C)C)[C@H]1CC[C@H]2[C@@H]3[C@H](O)CC4C[C@H](O)CC[C@]4(C)[C@H]3CC[C@]12C.C[C@H](CCC(C)(C)C)[C@H]1CC[C@H]2[C@@H]3[C@H](O)C[C@@H]4C[C@H](O)CC[C@]4(C)[C@H]3C[C@H](O)[C@]12C. The smallest absolute Gasteiger partial charge is 0.0602 e. The van der Waals surface area contributed by atoms with Gasteiger partial charge in [-0.05, 0) is 580 Å². The van der Waals surface area contributed by atoms with Crippen LogP contribution in [0.15, 0.2) is 0 Å². The molecule has 0 radical (unpaired) electrons. The summed E-state index contributed by atoms with van der Waals surface area (Å²) in [6.45, 7) is 74.0. The van der Waals surface area contributed by atoms with Crippen LogP contribution in [0.1, 0.15) is 586 Å². The Balaban J connectivity index is 0.000000189. The van der Waals surface area contributed by atoms with E-state index in [9.17, 15) is 40.9 Å². The fourth-order valence-corrected chi connectivity index (χ4v) is 45.3. The highest BCUT2D eigenvalue weighted by molar-refractivity contribution is 5.20. The highest BCUT2D eigenvalue weighted by Gasteiger charge is 2.71. The van der Waals surface area contributed by atoms with Crippen molar-refractivity contribution in [2.45, 2.75) is 635 Å². The van der Waals surface area contributed by atoms with E-state index >= 15 is 0 Å². The van der Waals surface area contributed by atoms with E-state index < -0.39 is 0 Å². The summed E-state index contributed by atoms with van der Waals surface area (Å²) in [5.74, 6) is 22.8. The number of rotatable bonds is 15. The molecule has 0 saturated heterocycles. The molecule has 0 aromatic carbocycles. The van der Waals surface area contributed by atoms with Gasteiger partial charge in [-0.15, -0.1) is 0 Å². The summed E-state index contributed by atoms with van der Waals surface area (Å²) in [7, 11) is 0. The van der Waals surface area contributed by atoms with Crippen LogP contribution in [-0.2, 0) is 0 Å². The van der Waals surface area contributed by atoms with Crippen LogP contribution in [0, 0.1) is 259 Å². The van der Waals surface area contributed by atoms with E-state index in [0.717, 1.165) is 172 Å². The van der Waals surface area contributed by atoms with Crippen LogP contribution in [0.2, 0.25) is 0 Å². The minimum atomic E-state index is -0.265. The second-order valence-electron chi connectivity index (χ2n) is 67.2. The van der Waals surface area contributed by atoms with Crippen molar-refractivity contribution in [3.63, 3.8) is 0 Å². The number of hydrogen-bond acceptors (Lipinski definition) is 8. The first-order valence-corrected chi connectivity index (χ1v) is 63.9. The van der Waals surface area contributed by atoms with Crippen molar-refractivity contribution in [2.24, 2.45) is 259 Å². The summed E-state index contributed by atoms with van der Waals surface area (Å²) in [6, 6.07) is 0. The molecule has 0 spiro atoms. The van der Waals surface area contributed by atoms with Gasteiger partial charge in [0.1, 0.15) is 0 Å². The van der Waals surface area contributed by atoms with Gasteiger partial charge in [-0.1, -0.05) is 265 Å². The van der Waals surface area contributed by atoms with Crippen LogP contribution in [0.5, 0.6) is 0 Å². The molecule has 20 aliphatic rings. The first-order valence-electron chi connectivity index (χ1n) is 63.9. The molecule has 20 aliphatic carbocycles. The standard InChI is InChI=1S/C27H48O3.2C27H48O2.C27H48O.C27H48.6CH4/c1-16(9-11-25(2,3)4)19-7-8-20-24-21(15-23(30)27(19,20)6)26(5)12-10-18(28)13-17(26)14-22(24)29;1-17(9-12-25(2,3)4)20-7-8-21-24-22(11-14-27(20,21)6)26(5)13-10-19(28)15-18(26)16-23(24)29;1-17(11-13-25(2,3)4)21-9-10-22-20-8-7-18-15-19(28)12-14-26(18,5)23(20)16-24(29)27(21,22)6;1-18(11-14-25(2,3)4)22-9-10-23-21-8-7-19-17-20(28)12-15-26(19,5)24(21)13-16-27(22,23)6;1-19(14-17-25(2,3)4)22-12-13-23-21-11-10-20-9-7-8-16-26(20,5)24(21)15-18-27(22,23)6;;;;;;/h16-24,28-30H,7-15H2,1-6H3;2*17-24,28-29H,7-16H2,1-6H3;18-24,28H,7-17H2,1-6H3;19-24H,7-18H2,1-6H3;6*1H4/t16-,17+,18-,19-,20+,21+,22-,23+,24+,26+,27-;17-,18?,19-,20-,21+,22+,23-,24+,26+,27-;17-,18-,19-,20+,21-,22+,23+,24+,26+,27-;18-,19?,20-,21+,22-,23+,24+,26+,27-;19-,20?,21+,22-,23+,24+,26+,27-;;;;;;/m11111....../s1. The summed E-state index contributed by atoms with van der Waals surface area (Å²) < 4.78 is 0. The van der Waals surface area contributed by atoms with Crippen molar-refractivity contribution < 1.29 is 40.9 Å². The topological polar surface area (TPSA) is 162 Å². The molecule has 0 amide bonds. The van der Waals surface area contributed by atoms with E-state index in [-0.39, 0.29) is 110 Å². The molecule has 149 heavy (non-hydrogen) atoms. The largest absolute Gasteiger partial charge is 0.393 e. The van der Waals surface area contributed by atoms with Crippen LogP contribution in [-0.4, -0.2) is 89.7 Å². The van der Waals surface area contributed by atoms with Gasteiger partial charge in [0, 0.05) is 0 Å². The third-order valence-electron chi connectivity index (χ3n) is 53.9. The summed E-state index contributed by atoms with van der Waals surface area (Å²) in [5, 5.41) is 87.0. The highest BCUT2D eigenvalue weighted by Crippen LogP contribution is 2.77. The lowest BCUT2D eigenvalue weighted by atomic mass is 9.43. The lowest BCUT2D eigenvalue weighted by molar-refractivity contribution is -0.207. The predicted octanol–water partition coefficient (Wildman–Crippen LogP) is 38.1. The molecule has 0 bridgehead atoms. The van der Waals surface area contributed by atoms with Gasteiger partial charge in [-0.25, -0.2) is 0 Å². The Bertz CT molecular complexity index is 4090. The van der Waals surface area contributed by atoms with Gasteiger partial charge in [0.25, 0.3) is 0 Å². The van der Waals surface area contributed by atoms with Crippen molar-refractivity contribution in [1.29, 1.82) is 0 Å². The maximum atomic E-state index is 11.6. The molecule has 0 heterocycles. The Morgan fingerprint density at radius 3 is 0.832 bits per heavy atom. The molecule has 0 aliphatic heterocycles. The molecule has 0 aromatic heterocycles. The van der Waals surface area contributed by atoms with Crippen LogP contribution in [0.3, 0.4) is 0 Å². The summed E-state index contributed by atoms with van der Waals surface area (Å²) in [6.07, 6.45) is 65.6. The maximum Gasteiger partial charge on any atom is 0.0602 e. The average molecular weight is 2090 g/mol. The molecular weight excluding hydrogens is 1820 g/mol. The number of aliphatic hydroxyl groups is 8. The minimum absolute atomic E-state index is 0. The van der Waals surface area contributed by atoms with E-state index in [1.807, 2.05) is 0 Å². The number of hydrogen-bond donors (Lipinski definition) is 8. The van der Waals surface area contributed by atoms with Crippen LogP contribution in [0.25, 0.3) is 0 Å². The molecule has 8 N–H and O–H groups in total. The van der Waals surface area contributed by atoms with Crippen molar-refractivity contribution in [3.05, 3.63) is 0 Å². The fraction of sp³-hybridized carbons (Fsp3) is 1.00. The first kappa shape index (κ1) is 130.